The largest absolute Gasteiger partial charge is 0.444 e. The molecule has 0 unspecified atom stereocenters. The number of carbonyl (C=O) groups is 1. The van der Waals surface area contributed by atoms with E-state index in [1.807, 2.05) is 20.8 Å². The Labute approximate surface area is 188 Å². The van der Waals surface area contributed by atoms with E-state index in [1.165, 1.54) is 18.3 Å². The highest BCUT2D eigenvalue weighted by atomic mass is 19.4. The van der Waals surface area contributed by atoms with Crippen molar-refractivity contribution in [3.63, 3.8) is 0 Å². The third-order valence-electron chi connectivity index (χ3n) is 5.74. The number of alkyl halides is 3. The van der Waals surface area contributed by atoms with Crippen LogP contribution in [0.1, 0.15) is 26.5 Å². The molecule has 10 heteroatoms. The minimum absolute atomic E-state index is 0.0398. The van der Waals surface area contributed by atoms with Gasteiger partial charge in [0.1, 0.15) is 11.3 Å². The molecule has 1 aliphatic rings. The van der Waals surface area contributed by atoms with E-state index in [4.69, 9.17) is 4.74 Å². The van der Waals surface area contributed by atoms with E-state index in [0.29, 0.717) is 49.0 Å². The standard InChI is InChI=1S/C23H27F3N4O3/c1-22(2,3)33-21(32)29-11-8-28(9-12-29)10-13-30-18-14-15(31)4-5-16(18)17-6-7-27-20(19(17)30)23(24,25)26/h4-7,14,27H,8-13H2,1-3H3. The van der Waals surface area contributed by atoms with Gasteiger partial charge in [0.2, 0.25) is 0 Å². The number of halogens is 3. The third-order valence-corrected chi connectivity index (χ3v) is 5.74. The van der Waals surface area contributed by atoms with Crippen LogP contribution in [-0.2, 0) is 17.5 Å². The van der Waals surface area contributed by atoms with Crippen LogP contribution < -0.4 is 5.43 Å². The van der Waals surface area contributed by atoms with E-state index in [-0.39, 0.29) is 23.6 Å². The Balaban J connectivity index is 1.57. The second kappa shape index (κ2) is 8.40. The van der Waals surface area contributed by atoms with Gasteiger partial charge in [0.15, 0.2) is 5.43 Å². The normalized spacial score (nSPS) is 16.0. The first-order valence-corrected chi connectivity index (χ1v) is 10.9. The van der Waals surface area contributed by atoms with Gasteiger partial charge in [-0.05, 0) is 39.0 Å². The molecule has 2 aromatic heterocycles. The zero-order chi connectivity index (χ0) is 24.0. The van der Waals surface area contributed by atoms with E-state index in [2.05, 4.69) is 9.88 Å². The van der Waals surface area contributed by atoms with Crippen LogP contribution in [-0.4, -0.2) is 63.8 Å². The molecule has 0 spiro atoms. The zero-order valence-corrected chi connectivity index (χ0v) is 18.8. The number of benzene rings is 1. The Bertz CT molecular complexity index is 1230. The maximum Gasteiger partial charge on any atom is 0.433 e. The first-order valence-electron chi connectivity index (χ1n) is 10.9. The predicted molar refractivity (Wildman–Crippen MR) is 119 cm³/mol. The molecule has 1 aromatic carbocycles. The van der Waals surface area contributed by atoms with Crippen molar-refractivity contribution in [2.75, 3.05) is 32.7 Å². The lowest BCUT2D eigenvalue weighted by atomic mass is 10.1. The van der Waals surface area contributed by atoms with Gasteiger partial charge in [-0.2, -0.15) is 13.2 Å². The number of nitrogens with zero attached hydrogens (tertiary/aromatic N) is 3. The highest BCUT2D eigenvalue weighted by molar-refractivity contribution is 6.08. The Morgan fingerprint density at radius 2 is 1.73 bits per heavy atom. The van der Waals surface area contributed by atoms with Crippen molar-refractivity contribution in [1.82, 2.24) is 19.4 Å². The summed E-state index contributed by atoms with van der Waals surface area (Å²) in [5, 5.41) is 1.06. The third kappa shape index (κ3) is 4.85. The highest BCUT2D eigenvalue weighted by Crippen LogP contribution is 2.37. The summed E-state index contributed by atoms with van der Waals surface area (Å²) < 4.78 is 48.3. The molecule has 33 heavy (non-hydrogen) atoms. The summed E-state index contributed by atoms with van der Waals surface area (Å²) >= 11 is 0. The number of amides is 1. The lowest BCUT2D eigenvalue weighted by molar-refractivity contribution is -0.140. The van der Waals surface area contributed by atoms with Gasteiger partial charge >= 0.3 is 12.3 Å². The maximum absolute atomic E-state index is 13.8. The van der Waals surface area contributed by atoms with Crippen LogP contribution in [0, 0.1) is 0 Å². The molecule has 0 radical (unpaired) electrons. The van der Waals surface area contributed by atoms with Crippen molar-refractivity contribution < 1.29 is 22.7 Å². The van der Waals surface area contributed by atoms with Crippen molar-refractivity contribution in [2.24, 2.45) is 0 Å². The number of piperazine rings is 1. The van der Waals surface area contributed by atoms with Crippen LogP contribution in [0.25, 0.3) is 21.8 Å². The van der Waals surface area contributed by atoms with Crippen LogP contribution in [0.5, 0.6) is 0 Å². The van der Waals surface area contributed by atoms with Gasteiger partial charge in [-0.25, -0.2) is 4.79 Å². The van der Waals surface area contributed by atoms with Gasteiger partial charge in [0.05, 0.1) is 11.0 Å². The van der Waals surface area contributed by atoms with Crippen LogP contribution >= 0.6 is 0 Å². The fourth-order valence-corrected chi connectivity index (χ4v) is 4.24. The number of aromatic amines is 1. The predicted octanol–water partition coefficient (Wildman–Crippen LogP) is 4.05. The lowest BCUT2D eigenvalue weighted by Gasteiger charge is -2.35. The lowest BCUT2D eigenvalue weighted by Crippen LogP contribution is -2.50. The number of fused-ring (bicyclic) bond motifs is 3. The fourth-order valence-electron chi connectivity index (χ4n) is 4.24. The molecule has 1 fully saturated rings. The molecular formula is C23H27F3N4O3. The summed E-state index contributed by atoms with van der Waals surface area (Å²) in [5.41, 5.74) is -1.14. The van der Waals surface area contributed by atoms with E-state index < -0.39 is 17.5 Å². The number of hydrogen-bond acceptors (Lipinski definition) is 4. The number of H-pyrrole nitrogens is 1. The van der Waals surface area contributed by atoms with Gasteiger partial charge < -0.3 is 19.2 Å². The molecule has 1 saturated heterocycles. The topological polar surface area (TPSA) is 70.6 Å². The average molecular weight is 464 g/mol. The smallest absolute Gasteiger partial charge is 0.433 e. The quantitative estimate of drug-likeness (QED) is 0.635. The number of carbonyl (C=O) groups excluding carboxylic acids is 1. The molecule has 4 rings (SSSR count). The number of rotatable bonds is 3. The Morgan fingerprint density at radius 1 is 1.03 bits per heavy atom. The van der Waals surface area contributed by atoms with E-state index >= 15 is 0 Å². The summed E-state index contributed by atoms with van der Waals surface area (Å²) in [5.74, 6) is 0. The van der Waals surface area contributed by atoms with Gasteiger partial charge in [0, 0.05) is 62.3 Å². The van der Waals surface area contributed by atoms with Gasteiger partial charge in [0.25, 0.3) is 0 Å². The SMILES string of the molecule is CC(C)(C)OC(=O)N1CCN(CCn2c3cc(=O)ccc3c3cc[nH]c(C(F)(F)F)c32)CC1. The zero-order valence-electron chi connectivity index (χ0n) is 18.8. The second-order valence-corrected chi connectivity index (χ2v) is 9.25. The summed E-state index contributed by atoms with van der Waals surface area (Å²) in [7, 11) is 0. The summed E-state index contributed by atoms with van der Waals surface area (Å²) in [6, 6.07) is 5.94. The maximum atomic E-state index is 13.8. The molecule has 1 N–H and O–H groups in total. The van der Waals surface area contributed by atoms with Gasteiger partial charge in [-0.15, -0.1) is 0 Å². The number of nitrogens with one attached hydrogen (secondary N) is 1. The van der Waals surface area contributed by atoms with Crippen molar-refractivity contribution in [2.45, 2.75) is 39.1 Å². The first-order chi connectivity index (χ1) is 15.4. The van der Waals surface area contributed by atoms with Crippen molar-refractivity contribution in [3.05, 3.63) is 46.4 Å². The molecule has 0 saturated carbocycles. The number of pyridine rings is 1. The van der Waals surface area contributed by atoms with Crippen molar-refractivity contribution >= 4 is 27.9 Å². The molecule has 7 nitrogen and oxygen atoms in total. The molecule has 0 bridgehead atoms. The number of hydrogen-bond donors (Lipinski definition) is 1. The molecular weight excluding hydrogens is 437 g/mol. The minimum atomic E-state index is -4.56. The van der Waals surface area contributed by atoms with Crippen LogP contribution in [0.4, 0.5) is 18.0 Å². The van der Waals surface area contributed by atoms with Crippen molar-refractivity contribution in [1.29, 1.82) is 0 Å². The number of ether oxygens (including phenoxy) is 1. The molecule has 3 heterocycles. The van der Waals surface area contributed by atoms with Crippen LogP contribution in [0.2, 0.25) is 0 Å². The first kappa shape index (κ1) is 23.2. The Kier molecular flexibility index (Phi) is 5.90. The highest BCUT2D eigenvalue weighted by Gasteiger charge is 2.35. The molecule has 0 aliphatic carbocycles. The van der Waals surface area contributed by atoms with Crippen LogP contribution in [0.3, 0.4) is 0 Å². The van der Waals surface area contributed by atoms with Crippen LogP contribution in [0.15, 0.2) is 35.3 Å². The molecule has 3 aromatic rings. The number of aromatic nitrogens is 2. The molecule has 0 atom stereocenters. The van der Waals surface area contributed by atoms with E-state index in [9.17, 15) is 22.8 Å². The van der Waals surface area contributed by atoms with E-state index in [1.54, 1.807) is 21.6 Å². The summed E-state index contributed by atoms with van der Waals surface area (Å²) in [4.78, 5) is 30.3. The fraction of sp³-hybridized carbons (Fsp3) is 0.478. The second-order valence-electron chi connectivity index (χ2n) is 9.25. The van der Waals surface area contributed by atoms with Crippen molar-refractivity contribution in [3.8, 4) is 0 Å². The van der Waals surface area contributed by atoms with Gasteiger partial charge in [-0.1, -0.05) is 0 Å². The minimum Gasteiger partial charge on any atom is -0.444 e. The van der Waals surface area contributed by atoms with Gasteiger partial charge in [-0.3, -0.25) is 9.69 Å². The average Bonchev–Trinajstić information content (AvgIpc) is 3.03. The molecule has 178 valence electrons. The summed E-state index contributed by atoms with van der Waals surface area (Å²) in [6.07, 6.45) is -3.65. The monoisotopic (exact) mass is 464 g/mol. The van der Waals surface area contributed by atoms with E-state index in [0.717, 1.165) is 0 Å². The molecule has 1 aliphatic heterocycles. The Morgan fingerprint density at radius 3 is 2.36 bits per heavy atom. The Hall–Kier alpha value is -3.01. The summed E-state index contributed by atoms with van der Waals surface area (Å²) in [6.45, 7) is 8.32. The molecule has 1 amide bonds.